The number of aliphatic hydroxyl groups is 1. The van der Waals surface area contributed by atoms with E-state index in [1.807, 2.05) is 24.3 Å². The van der Waals surface area contributed by atoms with Crippen molar-refractivity contribution in [2.24, 2.45) is 5.92 Å². The van der Waals surface area contributed by atoms with Crippen molar-refractivity contribution in [3.05, 3.63) is 72.1 Å². The number of allylic oxidation sites excluding steroid dienone is 1. The van der Waals surface area contributed by atoms with Crippen LogP contribution < -0.4 is 5.32 Å². The molecule has 0 bridgehead atoms. The van der Waals surface area contributed by atoms with E-state index in [0.29, 0.717) is 31.5 Å². The highest BCUT2D eigenvalue weighted by atomic mass is 19.1. The first-order chi connectivity index (χ1) is 20.1. The van der Waals surface area contributed by atoms with Crippen LogP contribution in [-0.2, 0) is 20.8 Å². The lowest BCUT2D eigenvalue weighted by Gasteiger charge is -2.25. The number of hydrogen-bond acceptors (Lipinski definition) is 4. The number of carboxylic acids is 1. The summed E-state index contributed by atoms with van der Waals surface area (Å²) < 4.78 is 13.2. The smallest absolute Gasteiger partial charge is 0.336 e. The Morgan fingerprint density at radius 3 is 1.98 bits per heavy atom. The number of carbonyl (C=O) groups excluding carboxylic acids is 2. The zero-order valence-electron chi connectivity index (χ0n) is 25.2. The Morgan fingerprint density at radius 2 is 1.40 bits per heavy atom. The van der Waals surface area contributed by atoms with E-state index in [0.717, 1.165) is 62.1 Å². The molecule has 0 radical (unpaired) electrons. The van der Waals surface area contributed by atoms with Crippen molar-refractivity contribution in [1.29, 1.82) is 0 Å². The van der Waals surface area contributed by atoms with Gasteiger partial charge < -0.3 is 15.5 Å². The molecule has 2 rings (SSSR count). The third kappa shape index (κ3) is 12.7. The molecule has 7 heteroatoms. The molecule has 42 heavy (non-hydrogen) atoms. The summed E-state index contributed by atoms with van der Waals surface area (Å²) >= 11 is 0. The molecular formula is C35H48FNO5. The van der Waals surface area contributed by atoms with Crippen molar-refractivity contribution in [2.45, 2.75) is 103 Å². The van der Waals surface area contributed by atoms with Gasteiger partial charge in [-0.25, -0.2) is 9.18 Å². The Balaban J connectivity index is 1.74. The normalized spacial score (nSPS) is 13.5. The molecule has 0 saturated carbocycles. The van der Waals surface area contributed by atoms with Crippen LogP contribution in [0.4, 0.5) is 4.39 Å². The first kappa shape index (κ1) is 34.9. The van der Waals surface area contributed by atoms with E-state index in [1.54, 1.807) is 18.2 Å². The molecule has 230 valence electrons. The maximum Gasteiger partial charge on any atom is 0.336 e. The Kier molecular flexibility index (Phi) is 15.8. The number of benzene rings is 2. The average Bonchev–Trinajstić information content (AvgIpc) is 2.96. The third-order valence-corrected chi connectivity index (χ3v) is 7.63. The third-order valence-electron chi connectivity index (χ3n) is 7.63. The number of rotatable bonds is 21. The number of unbranched alkanes of at least 4 members (excludes halogenated alkanes) is 8. The van der Waals surface area contributed by atoms with Gasteiger partial charge in [0.1, 0.15) is 11.6 Å². The fourth-order valence-corrected chi connectivity index (χ4v) is 4.83. The van der Waals surface area contributed by atoms with E-state index < -0.39 is 23.4 Å². The number of carbonyl (C=O) groups is 3. The Bertz CT molecular complexity index is 1130. The molecular weight excluding hydrogens is 533 g/mol. The van der Waals surface area contributed by atoms with Gasteiger partial charge in [0.15, 0.2) is 5.60 Å². The molecule has 0 fully saturated rings. The molecule has 0 aliphatic rings. The standard InChI is InChI=1S/C35H48FNO5/c1-3-4-5-8-11-14-31(38)15-12-9-6-7-10-13-16-32(35(2,42)34(40)41)33(39)37-26-25-27-17-19-28(20-18-27)29-21-23-30(36)24-22-29/h13,16-24,32,42H,3-12,14-15,25-26H2,1-2H3,(H,37,39)(H,40,41)/b16-13+/t32-,35+/m1/s1. The summed E-state index contributed by atoms with van der Waals surface area (Å²) in [7, 11) is 0. The van der Waals surface area contributed by atoms with Crippen LogP contribution in [0.25, 0.3) is 11.1 Å². The Hall–Kier alpha value is -3.32. The van der Waals surface area contributed by atoms with E-state index in [-0.39, 0.29) is 12.4 Å². The molecule has 1 amide bonds. The molecule has 6 nitrogen and oxygen atoms in total. The second kappa shape index (κ2) is 19.0. The summed E-state index contributed by atoms with van der Waals surface area (Å²) in [5.41, 5.74) is 0.591. The molecule has 0 aliphatic heterocycles. The minimum absolute atomic E-state index is 0.284. The summed E-state index contributed by atoms with van der Waals surface area (Å²) in [6.45, 7) is 3.60. The highest BCUT2D eigenvalue weighted by molar-refractivity contribution is 5.90. The zero-order valence-corrected chi connectivity index (χ0v) is 25.2. The molecule has 0 unspecified atom stereocenters. The average molecular weight is 582 g/mol. The number of Topliss-reactive ketones (excluding diaryl/α,β-unsaturated/α-hetero) is 1. The van der Waals surface area contributed by atoms with Crippen LogP contribution in [0.3, 0.4) is 0 Å². The summed E-state index contributed by atoms with van der Waals surface area (Å²) in [6, 6.07) is 14.0. The lowest BCUT2D eigenvalue weighted by molar-refractivity contribution is -0.163. The predicted octanol–water partition coefficient (Wildman–Crippen LogP) is 7.43. The van der Waals surface area contributed by atoms with Crippen LogP contribution in [-0.4, -0.2) is 40.0 Å². The van der Waals surface area contributed by atoms with Gasteiger partial charge in [-0.3, -0.25) is 9.59 Å². The first-order valence-corrected chi connectivity index (χ1v) is 15.4. The number of hydrogen-bond donors (Lipinski definition) is 3. The largest absolute Gasteiger partial charge is 0.479 e. The second-order valence-electron chi connectivity index (χ2n) is 11.3. The number of ketones is 1. The zero-order chi connectivity index (χ0) is 30.8. The Morgan fingerprint density at radius 1 is 0.857 bits per heavy atom. The molecule has 2 aromatic carbocycles. The summed E-state index contributed by atoms with van der Waals surface area (Å²) in [6.07, 6.45) is 15.2. The van der Waals surface area contributed by atoms with Gasteiger partial charge in [0.2, 0.25) is 5.91 Å². The van der Waals surface area contributed by atoms with E-state index in [1.165, 1.54) is 37.5 Å². The SMILES string of the molecule is CCCCCCCC(=O)CCCCCC/C=C/[C@H](C(=O)NCCc1ccc(-c2ccc(F)cc2)cc1)[C@](C)(O)C(=O)O. The Labute approximate surface area is 250 Å². The van der Waals surface area contributed by atoms with Gasteiger partial charge in [0.25, 0.3) is 0 Å². The fraction of sp³-hybridized carbons (Fsp3) is 0.514. The predicted molar refractivity (Wildman–Crippen MR) is 166 cm³/mol. The van der Waals surface area contributed by atoms with Crippen molar-refractivity contribution in [3.63, 3.8) is 0 Å². The van der Waals surface area contributed by atoms with Crippen LogP contribution in [0.15, 0.2) is 60.7 Å². The molecule has 3 N–H and O–H groups in total. The summed E-state index contributed by atoms with van der Waals surface area (Å²) in [5.74, 6) is -3.18. The quantitative estimate of drug-likeness (QED) is 0.105. The molecule has 2 atom stereocenters. The minimum Gasteiger partial charge on any atom is -0.479 e. The van der Waals surface area contributed by atoms with Gasteiger partial charge >= 0.3 is 5.97 Å². The molecule has 0 saturated heterocycles. The highest BCUT2D eigenvalue weighted by Gasteiger charge is 2.42. The van der Waals surface area contributed by atoms with E-state index >= 15 is 0 Å². The lowest BCUT2D eigenvalue weighted by atomic mass is 9.87. The topological polar surface area (TPSA) is 104 Å². The minimum atomic E-state index is -2.24. The number of nitrogens with one attached hydrogen (secondary N) is 1. The first-order valence-electron chi connectivity index (χ1n) is 15.4. The summed E-state index contributed by atoms with van der Waals surface area (Å²) in [4.78, 5) is 36.6. The van der Waals surface area contributed by atoms with Gasteiger partial charge in [0, 0.05) is 19.4 Å². The van der Waals surface area contributed by atoms with E-state index in [9.17, 15) is 29.0 Å². The van der Waals surface area contributed by atoms with Crippen molar-refractivity contribution in [2.75, 3.05) is 6.54 Å². The number of halogens is 1. The summed E-state index contributed by atoms with van der Waals surface area (Å²) in [5, 5.41) is 22.8. The van der Waals surface area contributed by atoms with Crippen LogP contribution in [0.5, 0.6) is 0 Å². The van der Waals surface area contributed by atoms with Crippen molar-refractivity contribution < 1.29 is 29.0 Å². The maximum absolute atomic E-state index is 13.2. The highest BCUT2D eigenvalue weighted by Crippen LogP contribution is 2.22. The lowest BCUT2D eigenvalue weighted by Crippen LogP contribution is -2.49. The van der Waals surface area contributed by atoms with Crippen molar-refractivity contribution in [3.8, 4) is 11.1 Å². The van der Waals surface area contributed by atoms with Gasteiger partial charge in [-0.1, -0.05) is 94.0 Å². The van der Waals surface area contributed by atoms with Crippen LogP contribution in [0, 0.1) is 11.7 Å². The molecule has 0 heterocycles. The van der Waals surface area contributed by atoms with Crippen molar-refractivity contribution in [1.82, 2.24) is 5.32 Å². The fourth-order valence-electron chi connectivity index (χ4n) is 4.83. The molecule has 2 aromatic rings. The molecule has 0 spiro atoms. The monoisotopic (exact) mass is 581 g/mol. The van der Waals surface area contributed by atoms with E-state index in [2.05, 4.69) is 12.2 Å². The van der Waals surface area contributed by atoms with Crippen LogP contribution >= 0.6 is 0 Å². The van der Waals surface area contributed by atoms with Crippen molar-refractivity contribution >= 4 is 17.7 Å². The number of amides is 1. The van der Waals surface area contributed by atoms with Gasteiger partial charge in [-0.05, 0) is 67.9 Å². The number of carboxylic acid groups (broad SMARTS) is 1. The molecule has 0 aliphatic carbocycles. The van der Waals surface area contributed by atoms with Gasteiger partial charge in [0.05, 0.1) is 5.92 Å². The second-order valence-corrected chi connectivity index (χ2v) is 11.3. The number of aliphatic carboxylic acids is 1. The molecule has 0 aromatic heterocycles. The van der Waals surface area contributed by atoms with Gasteiger partial charge in [-0.2, -0.15) is 0 Å². The van der Waals surface area contributed by atoms with Crippen LogP contribution in [0.2, 0.25) is 0 Å². The van der Waals surface area contributed by atoms with Crippen LogP contribution in [0.1, 0.15) is 96.5 Å². The van der Waals surface area contributed by atoms with Gasteiger partial charge in [-0.15, -0.1) is 0 Å². The van der Waals surface area contributed by atoms with E-state index in [4.69, 9.17) is 0 Å². The maximum atomic E-state index is 13.2.